The Hall–Kier alpha value is -0.380. The molecule has 0 saturated heterocycles. The van der Waals surface area contributed by atoms with E-state index in [4.69, 9.17) is 5.73 Å². The fourth-order valence-electron chi connectivity index (χ4n) is 1.10. The highest BCUT2D eigenvalue weighted by Crippen LogP contribution is 2.14. The van der Waals surface area contributed by atoms with Crippen LogP contribution in [0.3, 0.4) is 0 Å². The lowest BCUT2D eigenvalue weighted by molar-refractivity contribution is 0.523. The fraction of sp³-hybridized carbons (Fsp3) is 0.600. The molecule has 0 spiro atoms. The van der Waals surface area contributed by atoms with Gasteiger partial charge in [0.1, 0.15) is 0 Å². The topological polar surface area (TPSA) is 38.0 Å². The summed E-state index contributed by atoms with van der Waals surface area (Å²) < 4.78 is 0. The maximum absolute atomic E-state index is 5.52. The van der Waals surface area contributed by atoms with Gasteiger partial charge in [-0.15, -0.1) is 11.3 Å². The molecule has 0 aromatic carbocycles. The molecule has 1 aromatic rings. The van der Waals surface area contributed by atoms with E-state index >= 15 is 0 Å². The summed E-state index contributed by atoms with van der Waals surface area (Å²) in [5.41, 5.74) is 6.91. The second kappa shape index (κ2) is 5.37. The lowest BCUT2D eigenvalue weighted by Gasteiger charge is -2.09. The van der Waals surface area contributed by atoms with E-state index in [9.17, 15) is 0 Å². The second-order valence-electron chi connectivity index (χ2n) is 3.50. The zero-order chi connectivity index (χ0) is 9.68. The molecular weight excluding hydrogens is 180 g/mol. The molecule has 74 valence electrons. The molecule has 13 heavy (non-hydrogen) atoms. The van der Waals surface area contributed by atoms with E-state index in [1.165, 1.54) is 10.4 Å². The summed E-state index contributed by atoms with van der Waals surface area (Å²) in [4.78, 5) is 1.43. The van der Waals surface area contributed by atoms with Crippen LogP contribution in [-0.4, -0.2) is 13.1 Å². The number of thiophene rings is 1. The zero-order valence-corrected chi connectivity index (χ0v) is 9.16. The predicted octanol–water partition coefficient (Wildman–Crippen LogP) is 1.74. The highest BCUT2D eigenvalue weighted by Gasteiger charge is 2.01. The lowest BCUT2D eigenvalue weighted by Crippen LogP contribution is -2.25. The SMILES string of the molecule is Cc1ccsc1CNCC(C)CN. The maximum atomic E-state index is 5.52. The number of nitrogens with two attached hydrogens (primary N) is 1. The average molecular weight is 198 g/mol. The van der Waals surface area contributed by atoms with Gasteiger partial charge in [0.05, 0.1) is 0 Å². The van der Waals surface area contributed by atoms with Crippen molar-refractivity contribution in [2.24, 2.45) is 11.7 Å². The first-order valence-electron chi connectivity index (χ1n) is 4.67. The van der Waals surface area contributed by atoms with Crippen LogP contribution in [0.2, 0.25) is 0 Å². The summed E-state index contributed by atoms with van der Waals surface area (Å²) in [5, 5.41) is 5.55. The molecule has 0 radical (unpaired) electrons. The summed E-state index contributed by atoms with van der Waals surface area (Å²) >= 11 is 1.82. The van der Waals surface area contributed by atoms with Crippen molar-refractivity contribution in [1.29, 1.82) is 0 Å². The molecule has 0 aliphatic heterocycles. The van der Waals surface area contributed by atoms with E-state index in [0.29, 0.717) is 5.92 Å². The number of hydrogen-bond donors (Lipinski definition) is 2. The Bertz CT molecular complexity index is 245. The van der Waals surface area contributed by atoms with Crippen LogP contribution in [0, 0.1) is 12.8 Å². The number of hydrogen-bond acceptors (Lipinski definition) is 3. The van der Waals surface area contributed by atoms with Crippen LogP contribution in [0.5, 0.6) is 0 Å². The second-order valence-corrected chi connectivity index (χ2v) is 4.50. The van der Waals surface area contributed by atoms with Gasteiger partial charge >= 0.3 is 0 Å². The molecule has 3 heteroatoms. The first kappa shape index (κ1) is 10.7. The standard InChI is InChI=1S/C10H18N2S/c1-8(5-11)6-12-7-10-9(2)3-4-13-10/h3-4,8,12H,5-7,11H2,1-2H3. The maximum Gasteiger partial charge on any atom is 0.0302 e. The minimum Gasteiger partial charge on any atom is -0.330 e. The Morgan fingerprint density at radius 1 is 1.62 bits per heavy atom. The normalized spacial score (nSPS) is 13.2. The fourth-order valence-corrected chi connectivity index (χ4v) is 1.98. The van der Waals surface area contributed by atoms with Gasteiger partial charge in [0, 0.05) is 11.4 Å². The van der Waals surface area contributed by atoms with Gasteiger partial charge in [0.15, 0.2) is 0 Å². The first-order valence-corrected chi connectivity index (χ1v) is 5.55. The lowest BCUT2D eigenvalue weighted by atomic mass is 10.2. The Morgan fingerprint density at radius 2 is 2.38 bits per heavy atom. The largest absolute Gasteiger partial charge is 0.330 e. The van der Waals surface area contributed by atoms with Gasteiger partial charge in [0.25, 0.3) is 0 Å². The minimum atomic E-state index is 0.570. The van der Waals surface area contributed by atoms with E-state index in [-0.39, 0.29) is 0 Å². The molecule has 0 fully saturated rings. The molecule has 3 N–H and O–H groups in total. The Morgan fingerprint density at radius 3 is 2.92 bits per heavy atom. The highest BCUT2D eigenvalue weighted by molar-refractivity contribution is 7.10. The van der Waals surface area contributed by atoms with E-state index in [2.05, 4.69) is 30.6 Å². The van der Waals surface area contributed by atoms with E-state index in [1.54, 1.807) is 0 Å². The van der Waals surface area contributed by atoms with Crippen molar-refractivity contribution >= 4 is 11.3 Å². The quantitative estimate of drug-likeness (QED) is 0.756. The summed E-state index contributed by atoms with van der Waals surface area (Å²) in [5.74, 6) is 0.570. The smallest absolute Gasteiger partial charge is 0.0302 e. The first-order chi connectivity index (χ1) is 6.24. The molecule has 1 atom stereocenters. The molecule has 1 heterocycles. The van der Waals surface area contributed by atoms with Crippen molar-refractivity contribution in [3.8, 4) is 0 Å². The van der Waals surface area contributed by atoms with Crippen molar-refractivity contribution in [2.75, 3.05) is 13.1 Å². The summed E-state index contributed by atoms with van der Waals surface area (Å²) in [6, 6.07) is 2.16. The van der Waals surface area contributed by atoms with Gasteiger partial charge in [-0.25, -0.2) is 0 Å². The molecule has 0 saturated carbocycles. The van der Waals surface area contributed by atoms with Gasteiger partial charge in [0.2, 0.25) is 0 Å². The third kappa shape index (κ3) is 3.46. The Kier molecular flexibility index (Phi) is 4.42. The average Bonchev–Trinajstić information content (AvgIpc) is 2.52. The number of rotatable bonds is 5. The molecule has 1 rings (SSSR count). The number of aryl methyl sites for hydroxylation is 1. The van der Waals surface area contributed by atoms with Gasteiger partial charge < -0.3 is 11.1 Å². The Balaban J connectivity index is 2.24. The van der Waals surface area contributed by atoms with Gasteiger partial charge in [-0.2, -0.15) is 0 Å². The van der Waals surface area contributed by atoms with Crippen LogP contribution in [-0.2, 0) is 6.54 Å². The van der Waals surface area contributed by atoms with Crippen LogP contribution in [0.25, 0.3) is 0 Å². The highest BCUT2D eigenvalue weighted by atomic mass is 32.1. The third-order valence-corrected chi connectivity index (χ3v) is 3.17. The van der Waals surface area contributed by atoms with Crippen molar-refractivity contribution in [3.63, 3.8) is 0 Å². The molecule has 1 aromatic heterocycles. The third-order valence-electron chi connectivity index (χ3n) is 2.15. The van der Waals surface area contributed by atoms with Gasteiger partial charge in [-0.05, 0) is 42.9 Å². The van der Waals surface area contributed by atoms with Crippen LogP contribution >= 0.6 is 11.3 Å². The van der Waals surface area contributed by atoms with Crippen molar-refractivity contribution in [1.82, 2.24) is 5.32 Å². The monoisotopic (exact) mass is 198 g/mol. The van der Waals surface area contributed by atoms with E-state index < -0.39 is 0 Å². The minimum absolute atomic E-state index is 0.570. The van der Waals surface area contributed by atoms with Crippen molar-refractivity contribution in [3.05, 3.63) is 21.9 Å². The van der Waals surface area contributed by atoms with Crippen LogP contribution < -0.4 is 11.1 Å². The molecule has 0 aliphatic carbocycles. The molecule has 1 unspecified atom stereocenters. The summed E-state index contributed by atoms with van der Waals surface area (Å²) in [6.07, 6.45) is 0. The predicted molar refractivity (Wildman–Crippen MR) is 59.0 cm³/mol. The molecule has 0 bridgehead atoms. The molecule has 0 aliphatic rings. The number of nitrogens with one attached hydrogen (secondary N) is 1. The molecule has 2 nitrogen and oxygen atoms in total. The van der Waals surface area contributed by atoms with Crippen LogP contribution in [0.1, 0.15) is 17.4 Å². The van der Waals surface area contributed by atoms with E-state index in [0.717, 1.165) is 19.6 Å². The van der Waals surface area contributed by atoms with Crippen LogP contribution in [0.4, 0.5) is 0 Å². The molecule has 0 amide bonds. The summed E-state index contributed by atoms with van der Waals surface area (Å²) in [6.45, 7) is 7.06. The van der Waals surface area contributed by atoms with Gasteiger partial charge in [-0.3, -0.25) is 0 Å². The van der Waals surface area contributed by atoms with Crippen LogP contribution in [0.15, 0.2) is 11.4 Å². The zero-order valence-electron chi connectivity index (χ0n) is 8.34. The van der Waals surface area contributed by atoms with Gasteiger partial charge in [-0.1, -0.05) is 6.92 Å². The van der Waals surface area contributed by atoms with E-state index in [1.807, 2.05) is 11.3 Å². The van der Waals surface area contributed by atoms with Crippen molar-refractivity contribution < 1.29 is 0 Å². The molecular formula is C10H18N2S. The summed E-state index contributed by atoms with van der Waals surface area (Å²) in [7, 11) is 0. The van der Waals surface area contributed by atoms with Crippen molar-refractivity contribution in [2.45, 2.75) is 20.4 Å². The Labute approximate surface area is 84.2 Å².